The molecule has 0 aliphatic carbocycles. The molecule has 0 saturated heterocycles. The molecule has 5 heteroatoms. The lowest BCUT2D eigenvalue weighted by atomic mass is 10.1. The van der Waals surface area contributed by atoms with Gasteiger partial charge in [0.15, 0.2) is 11.6 Å². The number of nitrogens with zero attached hydrogens (tertiary/aromatic N) is 1. The lowest BCUT2D eigenvalue weighted by molar-refractivity contribution is 0.465. The summed E-state index contributed by atoms with van der Waals surface area (Å²) in [4.78, 5) is 4.20. The number of hydrogen-bond donors (Lipinski definition) is 1. The number of fused-ring (bicyclic) bond motifs is 1. The lowest BCUT2D eigenvalue weighted by Gasteiger charge is -2.11. The first-order valence-electron chi connectivity index (χ1n) is 6.32. The van der Waals surface area contributed by atoms with E-state index in [1.54, 1.807) is 18.3 Å². The van der Waals surface area contributed by atoms with Crippen molar-refractivity contribution in [1.82, 2.24) is 4.98 Å². The van der Waals surface area contributed by atoms with Gasteiger partial charge in [0.1, 0.15) is 11.5 Å². The summed E-state index contributed by atoms with van der Waals surface area (Å²) in [5.74, 6) is -1.14. The normalized spacial score (nSPS) is 10.8. The van der Waals surface area contributed by atoms with Gasteiger partial charge >= 0.3 is 0 Å². The van der Waals surface area contributed by atoms with E-state index in [0.717, 1.165) is 28.6 Å². The number of aryl methyl sites for hydroxylation is 1. The number of pyridine rings is 1. The van der Waals surface area contributed by atoms with Crippen molar-refractivity contribution in [3.8, 4) is 11.5 Å². The third kappa shape index (κ3) is 2.50. The Kier molecular flexibility index (Phi) is 3.17. The molecule has 0 aliphatic rings. The molecule has 106 valence electrons. The fraction of sp³-hybridized carbons (Fsp3) is 0.0625. The number of aromatic nitrogens is 1. The van der Waals surface area contributed by atoms with E-state index in [9.17, 15) is 8.78 Å². The predicted molar refractivity (Wildman–Crippen MR) is 77.3 cm³/mol. The Bertz CT molecular complexity index is 834. The van der Waals surface area contributed by atoms with Crippen LogP contribution in [0.25, 0.3) is 10.8 Å². The third-order valence-corrected chi connectivity index (χ3v) is 3.15. The number of nitrogen functional groups attached to an aromatic ring is 1. The summed E-state index contributed by atoms with van der Waals surface area (Å²) in [6.45, 7) is 1.85. The molecule has 0 radical (unpaired) electrons. The zero-order chi connectivity index (χ0) is 15.0. The highest BCUT2D eigenvalue weighted by molar-refractivity contribution is 5.96. The third-order valence-electron chi connectivity index (χ3n) is 3.15. The minimum Gasteiger partial charge on any atom is -0.457 e. The summed E-state index contributed by atoms with van der Waals surface area (Å²) in [6.07, 6.45) is 1.66. The second-order valence-electron chi connectivity index (χ2n) is 4.70. The molecule has 21 heavy (non-hydrogen) atoms. The number of hydrogen-bond acceptors (Lipinski definition) is 3. The molecule has 0 aliphatic heterocycles. The molecule has 0 amide bonds. The van der Waals surface area contributed by atoms with Crippen LogP contribution in [0.1, 0.15) is 5.69 Å². The van der Waals surface area contributed by atoms with Crippen molar-refractivity contribution in [3.63, 3.8) is 0 Å². The monoisotopic (exact) mass is 286 g/mol. The van der Waals surface area contributed by atoms with Gasteiger partial charge in [-0.2, -0.15) is 0 Å². The quantitative estimate of drug-likeness (QED) is 0.718. The molecule has 0 bridgehead atoms. The van der Waals surface area contributed by atoms with Crippen molar-refractivity contribution in [1.29, 1.82) is 0 Å². The van der Waals surface area contributed by atoms with Crippen LogP contribution in [0.15, 0.2) is 42.6 Å². The fourth-order valence-corrected chi connectivity index (χ4v) is 2.10. The van der Waals surface area contributed by atoms with Crippen LogP contribution in [0.2, 0.25) is 0 Å². The van der Waals surface area contributed by atoms with E-state index in [0.29, 0.717) is 11.4 Å². The Labute approximate surface area is 120 Å². The molecule has 0 unspecified atom stereocenters. The van der Waals surface area contributed by atoms with Gasteiger partial charge in [0.25, 0.3) is 0 Å². The molecule has 0 saturated carbocycles. The number of nitrogens with two attached hydrogens (primary N) is 1. The maximum atomic E-state index is 13.2. The Morgan fingerprint density at radius 2 is 1.81 bits per heavy atom. The van der Waals surface area contributed by atoms with Crippen LogP contribution in [0.4, 0.5) is 14.5 Å². The van der Waals surface area contributed by atoms with Gasteiger partial charge in [-0.15, -0.1) is 0 Å². The van der Waals surface area contributed by atoms with Gasteiger partial charge in [-0.3, -0.25) is 4.98 Å². The van der Waals surface area contributed by atoms with Crippen molar-refractivity contribution in [2.45, 2.75) is 6.92 Å². The van der Waals surface area contributed by atoms with E-state index < -0.39 is 11.6 Å². The first-order valence-corrected chi connectivity index (χ1v) is 6.32. The van der Waals surface area contributed by atoms with E-state index in [1.165, 1.54) is 6.07 Å². The first kappa shape index (κ1) is 13.3. The Balaban J connectivity index is 2.10. The number of anilines is 1. The summed E-state index contributed by atoms with van der Waals surface area (Å²) in [6, 6.07) is 8.62. The van der Waals surface area contributed by atoms with Crippen LogP contribution in [0.3, 0.4) is 0 Å². The van der Waals surface area contributed by atoms with Gasteiger partial charge in [-0.05, 0) is 37.3 Å². The van der Waals surface area contributed by atoms with Crippen LogP contribution in [-0.4, -0.2) is 4.98 Å². The summed E-state index contributed by atoms with van der Waals surface area (Å²) in [7, 11) is 0. The predicted octanol–water partition coefficient (Wildman–Crippen LogP) is 4.20. The van der Waals surface area contributed by atoms with Crippen LogP contribution < -0.4 is 10.5 Å². The van der Waals surface area contributed by atoms with Crippen molar-refractivity contribution < 1.29 is 13.5 Å². The van der Waals surface area contributed by atoms with Crippen molar-refractivity contribution in [3.05, 3.63) is 59.9 Å². The highest BCUT2D eigenvalue weighted by Gasteiger charge is 2.09. The van der Waals surface area contributed by atoms with Crippen LogP contribution in [-0.2, 0) is 0 Å². The van der Waals surface area contributed by atoms with Crippen molar-refractivity contribution in [2.24, 2.45) is 0 Å². The van der Waals surface area contributed by atoms with Crippen LogP contribution in [0, 0.1) is 18.6 Å². The van der Waals surface area contributed by atoms with Gasteiger partial charge in [0, 0.05) is 34.4 Å². The van der Waals surface area contributed by atoms with Gasteiger partial charge in [0.05, 0.1) is 0 Å². The topological polar surface area (TPSA) is 48.1 Å². The highest BCUT2D eigenvalue weighted by atomic mass is 19.2. The lowest BCUT2D eigenvalue weighted by Crippen LogP contribution is -1.93. The van der Waals surface area contributed by atoms with E-state index >= 15 is 0 Å². The smallest absolute Gasteiger partial charge is 0.162 e. The van der Waals surface area contributed by atoms with E-state index in [1.807, 2.05) is 13.0 Å². The van der Waals surface area contributed by atoms with E-state index in [4.69, 9.17) is 10.5 Å². The molecule has 0 fully saturated rings. The zero-order valence-electron chi connectivity index (χ0n) is 11.2. The Morgan fingerprint density at radius 1 is 1.00 bits per heavy atom. The van der Waals surface area contributed by atoms with E-state index in [2.05, 4.69) is 4.98 Å². The molecule has 0 atom stereocenters. The number of halogens is 2. The van der Waals surface area contributed by atoms with Gasteiger partial charge < -0.3 is 10.5 Å². The SMILES string of the molecule is Cc1cc2c(Oc3ccc(F)c(F)c3)ccc(N)c2cn1. The molecule has 2 aromatic carbocycles. The molecule has 0 spiro atoms. The van der Waals surface area contributed by atoms with Crippen LogP contribution in [0.5, 0.6) is 11.5 Å². The number of rotatable bonds is 2. The maximum absolute atomic E-state index is 13.2. The largest absolute Gasteiger partial charge is 0.457 e. The van der Waals surface area contributed by atoms with E-state index in [-0.39, 0.29) is 5.75 Å². The van der Waals surface area contributed by atoms with Crippen LogP contribution >= 0.6 is 0 Å². The average Bonchev–Trinajstić information content (AvgIpc) is 2.46. The van der Waals surface area contributed by atoms with Gasteiger partial charge in [0.2, 0.25) is 0 Å². The summed E-state index contributed by atoms with van der Waals surface area (Å²) < 4.78 is 31.8. The Morgan fingerprint density at radius 3 is 2.57 bits per heavy atom. The molecular weight excluding hydrogens is 274 g/mol. The minimum absolute atomic E-state index is 0.217. The highest BCUT2D eigenvalue weighted by Crippen LogP contribution is 2.33. The van der Waals surface area contributed by atoms with Gasteiger partial charge in [-0.25, -0.2) is 8.78 Å². The number of ether oxygens (including phenoxy) is 1. The van der Waals surface area contributed by atoms with Crippen molar-refractivity contribution >= 4 is 16.5 Å². The zero-order valence-corrected chi connectivity index (χ0v) is 11.2. The van der Waals surface area contributed by atoms with Gasteiger partial charge in [-0.1, -0.05) is 0 Å². The summed E-state index contributed by atoms with van der Waals surface area (Å²) in [5, 5.41) is 1.52. The Hall–Kier alpha value is -2.69. The molecule has 3 nitrogen and oxygen atoms in total. The number of benzene rings is 2. The molecule has 3 rings (SSSR count). The maximum Gasteiger partial charge on any atom is 0.162 e. The standard InChI is InChI=1S/C16H12F2N2O/c1-9-6-11-12(8-20-9)15(19)4-5-16(11)21-10-2-3-13(17)14(18)7-10/h2-8H,19H2,1H3. The molecule has 1 aromatic heterocycles. The molecule has 1 heterocycles. The molecule has 3 aromatic rings. The fourth-order valence-electron chi connectivity index (χ4n) is 2.10. The minimum atomic E-state index is -0.954. The second-order valence-corrected chi connectivity index (χ2v) is 4.70. The van der Waals surface area contributed by atoms with Crippen molar-refractivity contribution in [2.75, 3.05) is 5.73 Å². The molecule has 2 N–H and O–H groups in total. The summed E-state index contributed by atoms with van der Waals surface area (Å²) in [5.41, 5.74) is 7.29. The summed E-state index contributed by atoms with van der Waals surface area (Å²) >= 11 is 0. The second kappa shape index (κ2) is 5.01. The average molecular weight is 286 g/mol. The first-order chi connectivity index (χ1) is 10.0. The molecular formula is C16H12F2N2O.